The Bertz CT molecular complexity index is 2980. The Kier molecular flexibility index (Phi) is 7.23. The van der Waals surface area contributed by atoms with Gasteiger partial charge in [-0.2, -0.15) is 0 Å². The molecule has 1 atom stereocenters. The summed E-state index contributed by atoms with van der Waals surface area (Å²) in [6.45, 7) is 2.13. The summed E-state index contributed by atoms with van der Waals surface area (Å²) in [4.78, 5) is 14.2. The summed E-state index contributed by atoms with van der Waals surface area (Å²) in [5.74, 6) is 1.76. The van der Waals surface area contributed by atoms with Crippen LogP contribution in [0.4, 0.5) is 11.4 Å². The van der Waals surface area contributed by atoms with E-state index in [2.05, 4.69) is 162 Å². The molecule has 3 aromatic heterocycles. The minimum absolute atomic E-state index is 0.632. The number of rotatable bonds is 6. The maximum absolute atomic E-state index is 7.25. The Hall–Kier alpha value is -7.37. The van der Waals surface area contributed by atoms with Gasteiger partial charge < -0.3 is 10.1 Å². The summed E-state index contributed by atoms with van der Waals surface area (Å²) in [5, 5.41) is 5.81. The summed E-state index contributed by atoms with van der Waals surface area (Å²) < 4.78 is 7.25. The van der Waals surface area contributed by atoms with Crippen LogP contribution in [-0.4, -0.2) is 15.0 Å². The van der Waals surface area contributed by atoms with Gasteiger partial charge in [-0.1, -0.05) is 115 Å². The van der Waals surface area contributed by atoms with Crippen LogP contribution in [0.1, 0.15) is 27.8 Å². The normalized spacial score (nSPS) is 14.7. The van der Waals surface area contributed by atoms with Crippen LogP contribution in [0.5, 0.6) is 11.5 Å². The third kappa shape index (κ3) is 4.77. The van der Waals surface area contributed by atoms with Gasteiger partial charge in [0.1, 0.15) is 11.5 Å². The van der Waals surface area contributed by atoms with E-state index in [1.165, 1.54) is 16.7 Å². The first-order chi connectivity index (χ1) is 27.7. The van der Waals surface area contributed by atoms with Gasteiger partial charge in [-0.05, 0) is 82.6 Å². The SMILES string of the molecule is Cc1ccccc1-c1nc(-c2ccc3c(c2)-c2ccc(-c4cccnc4)c4c2C3(c2ccccc2)c2ccc3ccccc3c2O4)ccc1Nc1cccnc1. The Morgan fingerprint density at radius 2 is 1.34 bits per heavy atom. The molecule has 5 heteroatoms. The lowest BCUT2D eigenvalue weighted by Gasteiger charge is -2.40. The number of pyridine rings is 3. The average molecular weight is 719 g/mol. The molecule has 0 fully saturated rings. The van der Waals surface area contributed by atoms with E-state index in [1.807, 2.05) is 36.8 Å². The standard InChI is InChI=1S/C51H34N4O/c1-32-11-5-7-17-38(32)48-46(54-37-16-10-28-53-31-37)26-25-45(55-48)34-20-23-43-42(29-34)41-22-21-40(35-13-9-27-52-30-35)50-47(41)51(43,36-14-3-2-4-15-36)44-24-19-33-12-6-8-18-39(33)49(44)56-50/h2-31,54H,1H3. The zero-order valence-electron chi connectivity index (χ0n) is 30.6. The smallest absolute Gasteiger partial charge is 0.140 e. The second-order valence-corrected chi connectivity index (χ2v) is 14.5. The highest BCUT2D eigenvalue weighted by atomic mass is 16.5. The van der Waals surface area contributed by atoms with Crippen LogP contribution >= 0.6 is 0 Å². The van der Waals surface area contributed by atoms with Crippen LogP contribution in [0.15, 0.2) is 183 Å². The summed E-state index contributed by atoms with van der Waals surface area (Å²) in [7, 11) is 0. The molecule has 2 aliphatic rings. The van der Waals surface area contributed by atoms with Crippen LogP contribution in [0.25, 0.3) is 55.5 Å². The van der Waals surface area contributed by atoms with Gasteiger partial charge in [-0.3, -0.25) is 9.97 Å². The largest absolute Gasteiger partial charge is 0.455 e. The molecule has 0 radical (unpaired) electrons. The molecule has 264 valence electrons. The number of aryl methyl sites for hydroxylation is 1. The molecule has 0 saturated carbocycles. The van der Waals surface area contributed by atoms with Crippen molar-refractivity contribution in [3.05, 3.63) is 210 Å². The van der Waals surface area contributed by atoms with E-state index in [0.717, 1.165) is 89.5 Å². The maximum Gasteiger partial charge on any atom is 0.140 e. The van der Waals surface area contributed by atoms with E-state index in [0.29, 0.717) is 0 Å². The zero-order chi connectivity index (χ0) is 37.2. The van der Waals surface area contributed by atoms with E-state index in [-0.39, 0.29) is 0 Å². The molecule has 0 saturated heterocycles. The summed E-state index contributed by atoms with van der Waals surface area (Å²) in [5.41, 5.74) is 15.3. The number of nitrogens with zero attached hydrogens (tertiary/aromatic N) is 3. The van der Waals surface area contributed by atoms with Gasteiger partial charge in [0.2, 0.25) is 0 Å². The number of anilines is 2. The number of hydrogen-bond acceptors (Lipinski definition) is 5. The first-order valence-corrected chi connectivity index (χ1v) is 18.9. The van der Waals surface area contributed by atoms with Crippen molar-refractivity contribution in [1.29, 1.82) is 0 Å². The van der Waals surface area contributed by atoms with Crippen LogP contribution in [0.3, 0.4) is 0 Å². The maximum atomic E-state index is 7.25. The molecule has 1 N–H and O–H groups in total. The molecule has 0 spiro atoms. The third-order valence-electron chi connectivity index (χ3n) is 11.4. The summed E-state index contributed by atoms with van der Waals surface area (Å²) in [6, 6.07) is 56.0. The Balaban J connectivity index is 1.17. The van der Waals surface area contributed by atoms with E-state index < -0.39 is 5.41 Å². The number of aromatic nitrogens is 3. The third-order valence-corrected chi connectivity index (χ3v) is 11.4. The molecule has 56 heavy (non-hydrogen) atoms. The molecule has 0 bridgehead atoms. The quantitative estimate of drug-likeness (QED) is 0.185. The number of fused-ring (bicyclic) bond motifs is 7. The fraction of sp³-hybridized carbons (Fsp3) is 0.0392. The minimum atomic E-state index is -0.632. The molecule has 9 aromatic rings. The first kappa shape index (κ1) is 32.1. The van der Waals surface area contributed by atoms with Gasteiger partial charge in [-0.25, -0.2) is 4.98 Å². The molecule has 1 aliphatic carbocycles. The number of hydrogen-bond donors (Lipinski definition) is 1. The molecule has 11 rings (SSSR count). The fourth-order valence-corrected chi connectivity index (χ4v) is 8.95. The fourth-order valence-electron chi connectivity index (χ4n) is 8.95. The Morgan fingerprint density at radius 1 is 0.554 bits per heavy atom. The molecule has 6 aromatic carbocycles. The van der Waals surface area contributed by atoms with Crippen molar-refractivity contribution in [3.8, 4) is 56.3 Å². The Labute approximate surface area is 325 Å². The average Bonchev–Trinajstić information content (AvgIpc) is 3.56. The lowest BCUT2D eigenvalue weighted by atomic mass is 9.65. The second kappa shape index (κ2) is 12.6. The van der Waals surface area contributed by atoms with Gasteiger partial charge in [0.25, 0.3) is 0 Å². The predicted octanol–water partition coefficient (Wildman–Crippen LogP) is 12.5. The van der Waals surface area contributed by atoms with E-state index in [9.17, 15) is 0 Å². The van der Waals surface area contributed by atoms with E-state index in [4.69, 9.17) is 9.72 Å². The minimum Gasteiger partial charge on any atom is -0.455 e. The van der Waals surface area contributed by atoms with E-state index in [1.54, 1.807) is 6.20 Å². The highest BCUT2D eigenvalue weighted by molar-refractivity contribution is 5.99. The van der Waals surface area contributed by atoms with Crippen LogP contribution in [0, 0.1) is 6.92 Å². The van der Waals surface area contributed by atoms with Gasteiger partial charge >= 0.3 is 0 Å². The van der Waals surface area contributed by atoms with Gasteiger partial charge in [0, 0.05) is 57.4 Å². The number of nitrogens with one attached hydrogen (secondary N) is 1. The van der Waals surface area contributed by atoms with Gasteiger partial charge in [0.15, 0.2) is 0 Å². The van der Waals surface area contributed by atoms with Crippen molar-refractivity contribution in [2.75, 3.05) is 5.32 Å². The molecular weight excluding hydrogens is 685 g/mol. The topological polar surface area (TPSA) is 59.9 Å². The van der Waals surface area contributed by atoms with E-state index >= 15 is 0 Å². The molecule has 1 unspecified atom stereocenters. The predicted molar refractivity (Wildman–Crippen MR) is 225 cm³/mol. The van der Waals surface area contributed by atoms with Gasteiger partial charge in [-0.15, -0.1) is 0 Å². The highest BCUT2D eigenvalue weighted by Crippen LogP contribution is 2.66. The lowest BCUT2D eigenvalue weighted by Crippen LogP contribution is -2.32. The number of benzene rings is 6. The van der Waals surface area contributed by atoms with Crippen molar-refractivity contribution >= 4 is 22.1 Å². The van der Waals surface area contributed by atoms with Crippen molar-refractivity contribution < 1.29 is 4.74 Å². The first-order valence-electron chi connectivity index (χ1n) is 18.9. The summed E-state index contributed by atoms with van der Waals surface area (Å²) in [6.07, 6.45) is 7.36. The molecule has 0 amide bonds. The molecule has 4 heterocycles. The lowest BCUT2D eigenvalue weighted by molar-refractivity contribution is 0.445. The zero-order valence-corrected chi connectivity index (χ0v) is 30.6. The summed E-state index contributed by atoms with van der Waals surface area (Å²) >= 11 is 0. The molecular formula is C51H34N4O. The van der Waals surface area contributed by atoms with Crippen molar-refractivity contribution in [2.45, 2.75) is 12.3 Å². The van der Waals surface area contributed by atoms with Crippen LogP contribution < -0.4 is 10.1 Å². The highest BCUT2D eigenvalue weighted by Gasteiger charge is 2.53. The second-order valence-electron chi connectivity index (χ2n) is 14.5. The van der Waals surface area contributed by atoms with Gasteiger partial charge in [0.05, 0.1) is 34.4 Å². The Morgan fingerprint density at radius 3 is 2.18 bits per heavy atom. The van der Waals surface area contributed by atoms with Crippen LogP contribution in [-0.2, 0) is 5.41 Å². The van der Waals surface area contributed by atoms with Crippen molar-refractivity contribution in [1.82, 2.24) is 15.0 Å². The van der Waals surface area contributed by atoms with Crippen molar-refractivity contribution in [2.24, 2.45) is 0 Å². The molecule has 5 nitrogen and oxygen atoms in total. The van der Waals surface area contributed by atoms with Crippen molar-refractivity contribution in [3.63, 3.8) is 0 Å². The molecule has 1 aliphatic heterocycles. The number of ether oxygens (including phenoxy) is 1. The monoisotopic (exact) mass is 718 g/mol. The van der Waals surface area contributed by atoms with Crippen LogP contribution in [0.2, 0.25) is 0 Å².